The summed E-state index contributed by atoms with van der Waals surface area (Å²) in [6.45, 7) is 0. The topological polar surface area (TPSA) is 74.6 Å². The van der Waals surface area contributed by atoms with E-state index < -0.39 is 11.9 Å². The van der Waals surface area contributed by atoms with Crippen LogP contribution in [-0.2, 0) is 9.59 Å². The van der Waals surface area contributed by atoms with Crippen LogP contribution in [0.2, 0.25) is 0 Å². The van der Waals surface area contributed by atoms with Crippen LogP contribution in [0.25, 0.3) is 0 Å². The Labute approximate surface area is 132 Å². The molecule has 1 rings (SSSR count). The van der Waals surface area contributed by atoms with Gasteiger partial charge in [0.2, 0.25) is 0 Å². The predicted molar refractivity (Wildman–Crippen MR) is 90.3 cm³/mol. The molecule has 0 aromatic heterocycles. The second-order valence-corrected chi connectivity index (χ2v) is 9.11. The van der Waals surface area contributed by atoms with Crippen LogP contribution in [0.3, 0.4) is 0 Å². The number of thioether (sulfide) groups is 4. The lowest BCUT2D eigenvalue weighted by molar-refractivity contribution is -0.134. The van der Waals surface area contributed by atoms with Crippen molar-refractivity contribution in [2.45, 2.75) is 0 Å². The summed E-state index contributed by atoms with van der Waals surface area (Å²) in [5, 5.41) is 16.5. The lowest BCUT2D eigenvalue weighted by Crippen LogP contribution is -2.02. The summed E-state index contributed by atoms with van der Waals surface area (Å²) in [6.07, 6.45) is 0. The number of aliphatic carboxylic acids is 2. The maximum atomic E-state index is 10.0. The fraction of sp³-hybridized carbons (Fsp3) is 0.500. The fourth-order valence-electron chi connectivity index (χ4n) is 0.575. The molecule has 18 heavy (non-hydrogen) atoms. The van der Waals surface area contributed by atoms with E-state index in [1.54, 1.807) is 23.5 Å². The second-order valence-electron chi connectivity index (χ2n) is 2.56. The van der Waals surface area contributed by atoms with Gasteiger partial charge >= 0.3 is 11.9 Å². The van der Waals surface area contributed by atoms with Gasteiger partial charge in [-0.3, -0.25) is 9.59 Å². The number of rotatable bonds is 4. The van der Waals surface area contributed by atoms with Crippen LogP contribution in [0.1, 0.15) is 0 Å². The van der Waals surface area contributed by atoms with Crippen LogP contribution < -0.4 is 0 Å². The van der Waals surface area contributed by atoms with Crippen molar-refractivity contribution in [2.75, 3.05) is 23.0 Å². The highest BCUT2D eigenvalue weighted by atomic mass is 32.2. The van der Waals surface area contributed by atoms with E-state index >= 15 is 0 Å². The summed E-state index contributed by atoms with van der Waals surface area (Å²) in [4.78, 5) is 20.1. The van der Waals surface area contributed by atoms with Crippen LogP contribution in [0.4, 0.5) is 0 Å². The first-order chi connectivity index (χ1) is 8.41. The highest BCUT2D eigenvalue weighted by molar-refractivity contribution is 8.49. The number of carbonyl (C=O) groups is 2. The van der Waals surface area contributed by atoms with Crippen molar-refractivity contribution in [2.24, 2.45) is 0 Å². The van der Waals surface area contributed by atoms with E-state index in [-0.39, 0.29) is 11.5 Å². The molecule has 1 aliphatic heterocycles. The van der Waals surface area contributed by atoms with Crippen molar-refractivity contribution in [3.05, 3.63) is 0 Å². The zero-order valence-corrected chi connectivity index (χ0v) is 13.9. The summed E-state index contributed by atoms with van der Waals surface area (Å²) >= 11 is 15.0. The monoisotopic (exact) mass is 362 g/mol. The van der Waals surface area contributed by atoms with Gasteiger partial charge in [0, 0.05) is 11.5 Å². The van der Waals surface area contributed by atoms with Crippen molar-refractivity contribution in [1.29, 1.82) is 0 Å². The highest BCUT2D eigenvalue weighted by Crippen LogP contribution is 2.25. The van der Waals surface area contributed by atoms with Gasteiger partial charge in [-0.1, -0.05) is 48.0 Å². The first kappa shape index (κ1) is 18.5. The lowest BCUT2D eigenvalue weighted by Gasteiger charge is -1.97. The van der Waals surface area contributed by atoms with Gasteiger partial charge < -0.3 is 10.2 Å². The molecule has 0 aliphatic carbocycles. The Balaban J connectivity index is 0.000000397. The van der Waals surface area contributed by atoms with Crippen molar-refractivity contribution in [1.82, 2.24) is 0 Å². The van der Waals surface area contributed by atoms with Crippen molar-refractivity contribution >= 4 is 90.5 Å². The SMILES string of the molecule is O=C(O)CSC(=S)SCC(=O)O.S=C1SCCS1. The molecule has 0 saturated carbocycles. The van der Waals surface area contributed by atoms with Gasteiger partial charge in [-0.25, -0.2) is 0 Å². The van der Waals surface area contributed by atoms with Gasteiger partial charge in [0.15, 0.2) is 0 Å². The third-order valence-electron chi connectivity index (χ3n) is 1.15. The first-order valence-corrected chi connectivity index (χ1v) is 9.20. The molecule has 0 bridgehead atoms. The molecule has 0 unspecified atom stereocenters. The smallest absolute Gasteiger partial charge is 0.313 e. The Hall–Kier alpha value is 0.520. The molecule has 1 fully saturated rings. The second kappa shape index (κ2) is 11.4. The minimum Gasteiger partial charge on any atom is -0.481 e. The molecular weight excluding hydrogens is 352 g/mol. The molecule has 1 saturated heterocycles. The molecular formula is C8H10O4S6. The normalized spacial score (nSPS) is 13.7. The predicted octanol–water partition coefficient (Wildman–Crippen LogP) is 2.66. The van der Waals surface area contributed by atoms with Crippen LogP contribution in [-0.4, -0.2) is 52.2 Å². The van der Waals surface area contributed by atoms with Gasteiger partial charge in [0.05, 0.1) is 11.5 Å². The fourth-order valence-corrected chi connectivity index (χ4v) is 4.43. The van der Waals surface area contributed by atoms with Crippen molar-refractivity contribution in [3.8, 4) is 0 Å². The number of hydrogen-bond acceptors (Lipinski definition) is 8. The molecule has 1 heterocycles. The minimum absolute atomic E-state index is 0.120. The zero-order chi connectivity index (χ0) is 14.0. The standard InChI is InChI=1S/C5H6O4S3.C3H4S3/c6-3(7)1-11-5(10)12-2-4(8)9;4-3-5-1-2-6-3/h1-2H2,(H,6,7)(H,8,9);1-2H2. The van der Waals surface area contributed by atoms with Gasteiger partial charge in [-0.15, -0.1) is 23.5 Å². The Morgan fingerprint density at radius 1 is 1.11 bits per heavy atom. The quantitative estimate of drug-likeness (QED) is 0.729. The first-order valence-electron chi connectivity index (χ1n) is 4.44. The third kappa shape index (κ3) is 13.0. The molecule has 2 N–H and O–H groups in total. The van der Waals surface area contributed by atoms with Crippen molar-refractivity contribution in [3.63, 3.8) is 0 Å². The maximum Gasteiger partial charge on any atom is 0.313 e. The average molecular weight is 363 g/mol. The number of hydrogen-bond donors (Lipinski definition) is 2. The number of thiocarbonyl (C=S) groups is 2. The molecule has 102 valence electrons. The number of carboxylic acid groups (broad SMARTS) is 2. The molecule has 10 heteroatoms. The van der Waals surface area contributed by atoms with E-state index in [0.29, 0.717) is 3.53 Å². The summed E-state index contributed by atoms with van der Waals surface area (Å²) in [7, 11) is 0. The Kier molecular flexibility index (Phi) is 11.7. The Morgan fingerprint density at radius 3 is 1.72 bits per heavy atom. The Morgan fingerprint density at radius 2 is 1.50 bits per heavy atom. The zero-order valence-electron chi connectivity index (χ0n) is 8.99. The molecule has 0 amide bonds. The van der Waals surface area contributed by atoms with E-state index in [1.807, 2.05) is 0 Å². The van der Waals surface area contributed by atoms with E-state index in [9.17, 15) is 9.59 Å². The van der Waals surface area contributed by atoms with Crippen LogP contribution in [0.15, 0.2) is 0 Å². The van der Waals surface area contributed by atoms with E-state index in [2.05, 4.69) is 0 Å². The third-order valence-corrected chi connectivity index (χ3v) is 6.78. The minimum atomic E-state index is -0.960. The molecule has 4 nitrogen and oxygen atoms in total. The molecule has 0 atom stereocenters. The molecule has 0 aromatic rings. The van der Waals surface area contributed by atoms with E-state index in [0.717, 1.165) is 27.1 Å². The van der Waals surface area contributed by atoms with E-state index in [1.165, 1.54) is 11.5 Å². The molecule has 0 spiro atoms. The van der Waals surface area contributed by atoms with Crippen molar-refractivity contribution < 1.29 is 19.8 Å². The lowest BCUT2D eigenvalue weighted by atomic mass is 10.8. The Bertz CT molecular complexity index is 304. The summed E-state index contributed by atoms with van der Waals surface area (Å²) in [5.74, 6) is 0.292. The van der Waals surface area contributed by atoms with Gasteiger partial charge in [-0.05, 0) is 0 Å². The maximum absolute atomic E-state index is 10.0. The molecule has 1 aliphatic rings. The average Bonchev–Trinajstić information content (AvgIpc) is 2.75. The van der Waals surface area contributed by atoms with Gasteiger partial charge in [0.25, 0.3) is 0 Å². The van der Waals surface area contributed by atoms with E-state index in [4.69, 9.17) is 34.6 Å². The molecule has 0 aromatic carbocycles. The summed E-state index contributed by atoms with van der Waals surface area (Å²) < 4.78 is 1.47. The van der Waals surface area contributed by atoms with Crippen LogP contribution in [0.5, 0.6) is 0 Å². The van der Waals surface area contributed by atoms with Gasteiger partial charge in [-0.2, -0.15) is 0 Å². The van der Waals surface area contributed by atoms with Crippen LogP contribution in [0, 0.1) is 0 Å². The largest absolute Gasteiger partial charge is 0.481 e. The van der Waals surface area contributed by atoms with Gasteiger partial charge in [0.1, 0.15) is 7.06 Å². The molecule has 0 radical (unpaired) electrons. The number of carboxylic acids is 2. The summed E-state index contributed by atoms with van der Waals surface area (Å²) in [6, 6.07) is 0. The summed E-state index contributed by atoms with van der Waals surface area (Å²) in [5.41, 5.74) is 0. The van der Waals surface area contributed by atoms with Crippen LogP contribution >= 0.6 is 71.5 Å². The highest BCUT2D eigenvalue weighted by Gasteiger charge is 2.05.